The van der Waals surface area contributed by atoms with Gasteiger partial charge in [-0.05, 0) is 23.6 Å². The van der Waals surface area contributed by atoms with Gasteiger partial charge in [-0.15, -0.1) is 0 Å². The van der Waals surface area contributed by atoms with Gasteiger partial charge in [-0.25, -0.2) is 0 Å². The molecule has 0 bridgehead atoms. The lowest BCUT2D eigenvalue weighted by Crippen LogP contribution is -2.39. The number of nitrogens with zero attached hydrogens (tertiary/aromatic N) is 1. The van der Waals surface area contributed by atoms with Gasteiger partial charge in [-0.1, -0.05) is 32.9 Å². The van der Waals surface area contributed by atoms with Crippen LogP contribution in [0.15, 0.2) is 24.3 Å². The zero-order chi connectivity index (χ0) is 19.9. The molecule has 1 aromatic rings. The Kier molecular flexibility index (Phi) is 7.77. The van der Waals surface area contributed by atoms with Crippen molar-refractivity contribution in [1.82, 2.24) is 10.2 Å². The second-order valence-electron chi connectivity index (χ2n) is 6.40. The van der Waals surface area contributed by atoms with Crippen LogP contribution < -0.4 is 5.32 Å². The zero-order valence-electron chi connectivity index (χ0n) is 15.1. The molecular weight excluding hydrogens is 340 g/mol. The number of rotatable bonds is 9. The van der Waals surface area contributed by atoms with E-state index < -0.39 is 30.9 Å². The first-order valence-electron chi connectivity index (χ1n) is 8.21. The fourth-order valence-corrected chi connectivity index (χ4v) is 2.18. The molecule has 0 fully saturated rings. The van der Waals surface area contributed by atoms with Crippen LogP contribution in [0.4, 0.5) is 0 Å². The Bertz CT molecular complexity index is 670. The number of hydrogen-bond acceptors (Lipinski definition) is 4. The van der Waals surface area contributed by atoms with Crippen molar-refractivity contribution in [3.63, 3.8) is 0 Å². The van der Waals surface area contributed by atoms with Crippen molar-refractivity contribution in [2.24, 2.45) is 11.8 Å². The van der Waals surface area contributed by atoms with Crippen molar-refractivity contribution in [2.45, 2.75) is 27.3 Å². The predicted octanol–water partition coefficient (Wildman–Crippen LogP) is 1.21. The molecule has 0 aliphatic carbocycles. The van der Waals surface area contributed by atoms with Gasteiger partial charge in [0.2, 0.25) is 5.91 Å². The van der Waals surface area contributed by atoms with Crippen LogP contribution >= 0.6 is 0 Å². The second kappa shape index (κ2) is 9.55. The molecule has 0 unspecified atom stereocenters. The number of amides is 2. The largest absolute Gasteiger partial charge is 0.480 e. The summed E-state index contributed by atoms with van der Waals surface area (Å²) in [5.74, 6) is -3.35. The van der Waals surface area contributed by atoms with Gasteiger partial charge in [-0.2, -0.15) is 0 Å². The lowest BCUT2D eigenvalue weighted by Gasteiger charge is -2.19. The van der Waals surface area contributed by atoms with Gasteiger partial charge in [-0.3, -0.25) is 19.2 Å². The molecule has 1 rings (SSSR count). The van der Waals surface area contributed by atoms with Gasteiger partial charge in [0.1, 0.15) is 13.1 Å². The van der Waals surface area contributed by atoms with Crippen LogP contribution in [-0.4, -0.2) is 52.0 Å². The van der Waals surface area contributed by atoms with Crippen LogP contribution in [-0.2, 0) is 20.9 Å². The van der Waals surface area contributed by atoms with Crippen LogP contribution in [0.1, 0.15) is 36.7 Å². The summed E-state index contributed by atoms with van der Waals surface area (Å²) in [6.45, 7) is 4.52. The molecule has 0 heterocycles. The minimum absolute atomic E-state index is 0.102. The van der Waals surface area contributed by atoms with E-state index in [1.54, 1.807) is 12.1 Å². The van der Waals surface area contributed by atoms with Gasteiger partial charge >= 0.3 is 11.9 Å². The van der Waals surface area contributed by atoms with Gasteiger partial charge in [0, 0.05) is 18.0 Å². The number of aliphatic carboxylic acids is 2. The normalized spacial score (nSPS) is 11.7. The van der Waals surface area contributed by atoms with Crippen molar-refractivity contribution in [3.05, 3.63) is 35.4 Å². The molecule has 1 atom stereocenters. The average molecular weight is 364 g/mol. The lowest BCUT2D eigenvalue weighted by atomic mass is 9.97. The predicted molar refractivity (Wildman–Crippen MR) is 93.5 cm³/mol. The molecule has 0 aliphatic rings. The zero-order valence-corrected chi connectivity index (χ0v) is 15.1. The monoisotopic (exact) mass is 364 g/mol. The molecule has 0 spiro atoms. The van der Waals surface area contributed by atoms with E-state index in [-0.39, 0.29) is 29.9 Å². The molecule has 8 nitrogen and oxygen atoms in total. The molecule has 8 heteroatoms. The number of carbonyl (C=O) groups is 4. The number of carboxylic acids is 2. The summed E-state index contributed by atoms with van der Waals surface area (Å²) in [7, 11) is 0. The van der Waals surface area contributed by atoms with Gasteiger partial charge in [0.15, 0.2) is 0 Å². The van der Waals surface area contributed by atoms with E-state index in [0.29, 0.717) is 5.56 Å². The SMILES string of the molecule is CC(C)[C@H](C)C(=O)NCc1cccc(C(=O)N(CC(=O)O)CC(=O)O)c1. The topological polar surface area (TPSA) is 124 Å². The van der Waals surface area contributed by atoms with Crippen molar-refractivity contribution in [1.29, 1.82) is 0 Å². The van der Waals surface area contributed by atoms with Crippen molar-refractivity contribution < 1.29 is 29.4 Å². The average Bonchev–Trinajstić information content (AvgIpc) is 2.57. The van der Waals surface area contributed by atoms with Crippen LogP contribution in [0.2, 0.25) is 0 Å². The molecular formula is C18H24N2O6. The summed E-state index contributed by atoms with van der Waals surface area (Å²) in [6, 6.07) is 6.30. The number of benzene rings is 1. The minimum Gasteiger partial charge on any atom is -0.480 e. The van der Waals surface area contributed by atoms with Crippen molar-refractivity contribution >= 4 is 23.8 Å². The Morgan fingerprint density at radius 3 is 2.12 bits per heavy atom. The molecule has 0 aliphatic heterocycles. The maximum absolute atomic E-state index is 12.4. The third-order valence-electron chi connectivity index (χ3n) is 3.99. The van der Waals surface area contributed by atoms with Crippen LogP contribution in [0.3, 0.4) is 0 Å². The standard InChI is InChI=1S/C18H24N2O6/c1-11(2)12(3)17(25)19-8-13-5-4-6-14(7-13)18(26)20(9-15(21)22)10-16(23)24/h4-7,11-12H,8-10H2,1-3H3,(H,19,25)(H,21,22)(H,23,24)/t12-/m0/s1. The maximum Gasteiger partial charge on any atom is 0.323 e. The summed E-state index contributed by atoms with van der Waals surface area (Å²) >= 11 is 0. The Morgan fingerprint density at radius 1 is 1.04 bits per heavy atom. The van der Waals surface area contributed by atoms with Crippen LogP contribution in [0.25, 0.3) is 0 Å². The molecule has 0 saturated heterocycles. The Balaban J connectivity index is 2.86. The number of carbonyl (C=O) groups excluding carboxylic acids is 2. The van der Waals surface area contributed by atoms with E-state index in [0.717, 1.165) is 4.90 Å². The van der Waals surface area contributed by atoms with E-state index in [1.807, 2.05) is 20.8 Å². The fraction of sp³-hybridized carbons (Fsp3) is 0.444. The molecule has 0 saturated carbocycles. The Morgan fingerprint density at radius 2 is 1.62 bits per heavy atom. The van der Waals surface area contributed by atoms with Gasteiger partial charge in [0.05, 0.1) is 0 Å². The second-order valence-corrected chi connectivity index (χ2v) is 6.40. The highest BCUT2D eigenvalue weighted by Crippen LogP contribution is 2.12. The first kappa shape index (κ1) is 21.1. The molecule has 2 amide bonds. The molecule has 0 radical (unpaired) electrons. The minimum atomic E-state index is -1.30. The number of carboxylic acid groups (broad SMARTS) is 2. The lowest BCUT2D eigenvalue weighted by molar-refractivity contribution is -0.140. The summed E-state index contributed by atoms with van der Waals surface area (Å²) in [6.07, 6.45) is 0. The highest BCUT2D eigenvalue weighted by Gasteiger charge is 2.21. The molecule has 26 heavy (non-hydrogen) atoms. The Hall–Kier alpha value is -2.90. The fourth-order valence-electron chi connectivity index (χ4n) is 2.18. The quantitative estimate of drug-likeness (QED) is 0.605. The summed E-state index contributed by atoms with van der Waals surface area (Å²) in [5, 5.41) is 20.5. The van der Waals surface area contributed by atoms with Crippen molar-refractivity contribution in [3.8, 4) is 0 Å². The van der Waals surface area contributed by atoms with Crippen molar-refractivity contribution in [2.75, 3.05) is 13.1 Å². The van der Waals surface area contributed by atoms with Crippen LogP contribution in [0, 0.1) is 11.8 Å². The number of hydrogen-bond donors (Lipinski definition) is 3. The maximum atomic E-state index is 12.4. The van der Waals surface area contributed by atoms with E-state index in [9.17, 15) is 19.2 Å². The third-order valence-corrected chi connectivity index (χ3v) is 3.99. The smallest absolute Gasteiger partial charge is 0.323 e. The van der Waals surface area contributed by atoms with E-state index in [2.05, 4.69) is 5.32 Å². The summed E-state index contributed by atoms with van der Waals surface area (Å²) in [5.41, 5.74) is 0.821. The summed E-state index contributed by atoms with van der Waals surface area (Å²) in [4.78, 5) is 46.9. The van der Waals surface area contributed by atoms with E-state index in [4.69, 9.17) is 10.2 Å². The molecule has 142 valence electrons. The molecule has 1 aromatic carbocycles. The first-order chi connectivity index (χ1) is 12.1. The van der Waals surface area contributed by atoms with Gasteiger partial charge in [0.25, 0.3) is 5.91 Å². The van der Waals surface area contributed by atoms with E-state index >= 15 is 0 Å². The third kappa shape index (κ3) is 6.54. The summed E-state index contributed by atoms with van der Waals surface area (Å²) < 4.78 is 0. The highest BCUT2D eigenvalue weighted by atomic mass is 16.4. The van der Waals surface area contributed by atoms with Crippen LogP contribution in [0.5, 0.6) is 0 Å². The van der Waals surface area contributed by atoms with E-state index in [1.165, 1.54) is 12.1 Å². The first-order valence-corrected chi connectivity index (χ1v) is 8.21. The molecule has 3 N–H and O–H groups in total. The molecule has 0 aromatic heterocycles. The number of nitrogens with one attached hydrogen (secondary N) is 1. The van der Waals surface area contributed by atoms with Gasteiger partial charge < -0.3 is 20.4 Å². The highest BCUT2D eigenvalue weighted by molar-refractivity contribution is 5.97. The Labute approximate surface area is 151 Å².